The first-order valence-electron chi connectivity index (χ1n) is 3.65. The molecule has 0 aromatic carbocycles. The van der Waals surface area contributed by atoms with Crippen LogP contribution in [0.5, 0.6) is 0 Å². The van der Waals surface area contributed by atoms with Gasteiger partial charge in [0, 0.05) is 12.6 Å². The van der Waals surface area contributed by atoms with Crippen molar-refractivity contribution in [1.82, 2.24) is 5.06 Å². The SMILES string of the molecule is CON1CCCCC1C. The molecule has 1 saturated heterocycles. The second kappa shape index (κ2) is 3.18. The van der Waals surface area contributed by atoms with Crippen molar-refractivity contribution in [1.29, 1.82) is 0 Å². The summed E-state index contributed by atoms with van der Waals surface area (Å²) in [7, 11) is 1.75. The number of hydrogen-bond acceptors (Lipinski definition) is 2. The Kier molecular flexibility index (Phi) is 2.49. The van der Waals surface area contributed by atoms with Crippen LogP contribution in [0.15, 0.2) is 0 Å². The van der Waals surface area contributed by atoms with Gasteiger partial charge in [-0.15, -0.1) is 0 Å². The first-order valence-corrected chi connectivity index (χ1v) is 3.65. The van der Waals surface area contributed by atoms with E-state index in [-0.39, 0.29) is 0 Å². The van der Waals surface area contributed by atoms with E-state index in [1.807, 2.05) is 0 Å². The predicted molar refractivity (Wildman–Crippen MR) is 37.0 cm³/mol. The Balaban J connectivity index is 2.30. The first kappa shape index (κ1) is 7.03. The molecule has 1 aliphatic heterocycles. The smallest absolute Gasteiger partial charge is 0.0575 e. The third-order valence-corrected chi connectivity index (χ3v) is 1.98. The van der Waals surface area contributed by atoms with E-state index >= 15 is 0 Å². The van der Waals surface area contributed by atoms with Crippen molar-refractivity contribution in [2.75, 3.05) is 13.7 Å². The van der Waals surface area contributed by atoms with Gasteiger partial charge >= 0.3 is 0 Å². The molecule has 0 saturated carbocycles. The lowest BCUT2D eigenvalue weighted by atomic mass is 10.1. The molecule has 9 heavy (non-hydrogen) atoms. The molecule has 54 valence electrons. The van der Waals surface area contributed by atoms with Gasteiger partial charge in [-0.3, -0.25) is 0 Å². The number of rotatable bonds is 1. The number of piperidine rings is 1. The van der Waals surface area contributed by atoms with Crippen LogP contribution in [0.4, 0.5) is 0 Å². The van der Waals surface area contributed by atoms with E-state index < -0.39 is 0 Å². The van der Waals surface area contributed by atoms with E-state index in [0.717, 1.165) is 6.54 Å². The fourth-order valence-electron chi connectivity index (χ4n) is 1.34. The third kappa shape index (κ3) is 1.66. The van der Waals surface area contributed by atoms with Gasteiger partial charge in [-0.05, 0) is 19.8 Å². The van der Waals surface area contributed by atoms with E-state index in [9.17, 15) is 0 Å². The molecule has 1 fully saturated rings. The van der Waals surface area contributed by atoms with Gasteiger partial charge in [0.15, 0.2) is 0 Å². The van der Waals surface area contributed by atoms with Crippen molar-refractivity contribution < 1.29 is 4.84 Å². The summed E-state index contributed by atoms with van der Waals surface area (Å²) in [5.41, 5.74) is 0. The number of hydrogen-bond donors (Lipinski definition) is 0. The van der Waals surface area contributed by atoms with Crippen LogP contribution in [-0.2, 0) is 4.84 Å². The Morgan fingerprint density at radius 1 is 1.44 bits per heavy atom. The highest BCUT2D eigenvalue weighted by molar-refractivity contribution is 4.65. The molecular weight excluding hydrogens is 114 g/mol. The van der Waals surface area contributed by atoms with E-state index in [1.54, 1.807) is 7.11 Å². The minimum Gasteiger partial charge on any atom is -0.302 e. The highest BCUT2D eigenvalue weighted by Crippen LogP contribution is 2.15. The summed E-state index contributed by atoms with van der Waals surface area (Å²) in [6, 6.07) is 0.628. The Hall–Kier alpha value is -0.0800. The second-order valence-corrected chi connectivity index (χ2v) is 2.67. The van der Waals surface area contributed by atoms with E-state index in [0.29, 0.717) is 6.04 Å². The molecule has 1 unspecified atom stereocenters. The highest BCUT2D eigenvalue weighted by Gasteiger charge is 2.16. The van der Waals surface area contributed by atoms with Gasteiger partial charge in [0.05, 0.1) is 7.11 Å². The predicted octanol–water partition coefficient (Wildman–Crippen LogP) is 1.42. The van der Waals surface area contributed by atoms with E-state index in [2.05, 4.69) is 12.0 Å². The molecule has 2 heteroatoms. The molecule has 1 aliphatic rings. The van der Waals surface area contributed by atoms with Crippen LogP contribution in [0.2, 0.25) is 0 Å². The summed E-state index contributed by atoms with van der Waals surface area (Å²) in [6.45, 7) is 3.32. The summed E-state index contributed by atoms with van der Waals surface area (Å²) in [5, 5.41) is 2.06. The Morgan fingerprint density at radius 3 is 2.67 bits per heavy atom. The number of hydroxylamine groups is 2. The van der Waals surface area contributed by atoms with Gasteiger partial charge in [0.2, 0.25) is 0 Å². The molecule has 0 aromatic heterocycles. The van der Waals surface area contributed by atoms with E-state index in [1.165, 1.54) is 19.3 Å². The monoisotopic (exact) mass is 129 g/mol. The molecule has 1 rings (SSSR count). The van der Waals surface area contributed by atoms with Gasteiger partial charge in [-0.1, -0.05) is 6.42 Å². The lowest BCUT2D eigenvalue weighted by molar-refractivity contribution is -0.169. The molecular formula is C7H15NO. The van der Waals surface area contributed by atoms with E-state index in [4.69, 9.17) is 4.84 Å². The van der Waals surface area contributed by atoms with Gasteiger partial charge in [0.1, 0.15) is 0 Å². The first-order chi connectivity index (χ1) is 4.34. The quantitative estimate of drug-likeness (QED) is 0.531. The highest BCUT2D eigenvalue weighted by atomic mass is 16.7. The maximum absolute atomic E-state index is 5.14. The molecule has 0 bridgehead atoms. The lowest BCUT2D eigenvalue weighted by Crippen LogP contribution is -2.36. The minimum atomic E-state index is 0.628. The van der Waals surface area contributed by atoms with Crippen LogP contribution < -0.4 is 0 Å². The average molecular weight is 129 g/mol. The van der Waals surface area contributed by atoms with Crippen LogP contribution in [0.1, 0.15) is 26.2 Å². The van der Waals surface area contributed by atoms with Crippen molar-refractivity contribution in [2.24, 2.45) is 0 Å². The second-order valence-electron chi connectivity index (χ2n) is 2.67. The van der Waals surface area contributed by atoms with Crippen LogP contribution in [0, 0.1) is 0 Å². The Labute approximate surface area is 56.8 Å². The summed E-state index contributed by atoms with van der Waals surface area (Å²) >= 11 is 0. The molecule has 0 radical (unpaired) electrons. The molecule has 1 atom stereocenters. The largest absolute Gasteiger partial charge is 0.302 e. The number of nitrogens with zero attached hydrogens (tertiary/aromatic N) is 1. The normalized spacial score (nSPS) is 30.7. The molecule has 0 N–H and O–H groups in total. The van der Waals surface area contributed by atoms with Crippen molar-refractivity contribution in [2.45, 2.75) is 32.2 Å². The molecule has 0 spiro atoms. The van der Waals surface area contributed by atoms with Crippen molar-refractivity contribution >= 4 is 0 Å². The van der Waals surface area contributed by atoms with Crippen LogP contribution in [0.25, 0.3) is 0 Å². The summed E-state index contributed by atoms with van der Waals surface area (Å²) < 4.78 is 0. The molecule has 0 aliphatic carbocycles. The fraction of sp³-hybridized carbons (Fsp3) is 1.00. The minimum absolute atomic E-state index is 0.628. The topological polar surface area (TPSA) is 12.5 Å². The maximum Gasteiger partial charge on any atom is 0.0575 e. The van der Waals surface area contributed by atoms with Crippen LogP contribution in [0.3, 0.4) is 0 Å². The lowest BCUT2D eigenvalue weighted by Gasteiger charge is -2.30. The van der Waals surface area contributed by atoms with Crippen molar-refractivity contribution in [3.63, 3.8) is 0 Å². The zero-order chi connectivity index (χ0) is 6.69. The van der Waals surface area contributed by atoms with Gasteiger partial charge in [-0.25, -0.2) is 0 Å². The molecule has 0 amide bonds. The fourth-order valence-corrected chi connectivity index (χ4v) is 1.34. The van der Waals surface area contributed by atoms with Gasteiger partial charge < -0.3 is 4.84 Å². The summed E-state index contributed by atoms with van der Waals surface area (Å²) in [6.07, 6.45) is 3.94. The van der Waals surface area contributed by atoms with Crippen LogP contribution in [-0.4, -0.2) is 24.8 Å². The molecule has 0 aromatic rings. The zero-order valence-corrected chi connectivity index (χ0v) is 6.26. The zero-order valence-electron chi connectivity index (χ0n) is 6.26. The van der Waals surface area contributed by atoms with Crippen molar-refractivity contribution in [3.8, 4) is 0 Å². The van der Waals surface area contributed by atoms with Crippen molar-refractivity contribution in [3.05, 3.63) is 0 Å². The standard InChI is InChI=1S/C7H15NO/c1-7-5-3-4-6-8(7)9-2/h7H,3-6H2,1-2H3. The average Bonchev–Trinajstić information content (AvgIpc) is 1.89. The molecule has 1 heterocycles. The van der Waals surface area contributed by atoms with Gasteiger partial charge in [0.25, 0.3) is 0 Å². The van der Waals surface area contributed by atoms with Gasteiger partial charge in [-0.2, -0.15) is 5.06 Å². The third-order valence-electron chi connectivity index (χ3n) is 1.98. The van der Waals surface area contributed by atoms with Crippen LogP contribution >= 0.6 is 0 Å². The Bertz CT molecular complexity index is 85.0. The summed E-state index contributed by atoms with van der Waals surface area (Å²) in [5.74, 6) is 0. The Morgan fingerprint density at radius 2 is 2.22 bits per heavy atom. The maximum atomic E-state index is 5.14. The molecule has 2 nitrogen and oxygen atoms in total. The summed E-state index contributed by atoms with van der Waals surface area (Å²) in [4.78, 5) is 5.14.